The van der Waals surface area contributed by atoms with E-state index in [1.165, 1.54) is 0 Å². The van der Waals surface area contributed by atoms with Crippen molar-refractivity contribution in [1.82, 2.24) is 30.4 Å². The highest BCUT2D eigenvalue weighted by Gasteiger charge is 2.27. The van der Waals surface area contributed by atoms with Crippen LogP contribution < -0.4 is 16.0 Å². The van der Waals surface area contributed by atoms with Crippen molar-refractivity contribution in [2.75, 3.05) is 16.0 Å². The van der Waals surface area contributed by atoms with Gasteiger partial charge in [0.2, 0.25) is 0 Å². The zero-order valence-electron chi connectivity index (χ0n) is 25.9. The van der Waals surface area contributed by atoms with Crippen LogP contribution in [-0.4, -0.2) is 30.4 Å². The Kier molecular flexibility index (Phi) is 5.97. The predicted octanol–water partition coefficient (Wildman–Crippen LogP) is 8.84. The fraction of sp³-hybridized carbons (Fsp3) is 0. The minimum atomic E-state index is 0.622. The molecular formula is C40H25N9. The van der Waals surface area contributed by atoms with Crippen molar-refractivity contribution >= 4 is 60.4 Å². The molecule has 49 heavy (non-hydrogen) atoms. The lowest BCUT2D eigenvalue weighted by Gasteiger charge is -2.24. The van der Waals surface area contributed by atoms with Gasteiger partial charge in [0.25, 0.3) is 0 Å². The SMILES string of the molecule is c1ccc2c(c1)NN(c1ccc3c(-c4cc5ccccc5nn4)nnc(-c4nccc5ccccc45)c3c1-c1ccc3ccccc3n1)N2. The lowest BCUT2D eigenvalue weighted by atomic mass is 9.94. The minimum Gasteiger partial charge on any atom is -0.277 e. The molecule has 4 aromatic heterocycles. The number of aromatic nitrogens is 6. The van der Waals surface area contributed by atoms with Gasteiger partial charge in [-0.3, -0.25) is 15.8 Å². The number of hydrogen-bond acceptors (Lipinski definition) is 9. The maximum Gasteiger partial charge on any atom is 0.121 e. The van der Waals surface area contributed by atoms with E-state index in [9.17, 15) is 0 Å². The molecule has 0 atom stereocenters. The van der Waals surface area contributed by atoms with Crippen LogP contribution in [0.15, 0.2) is 140 Å². The van der Waals surface area contributed by atoms with Gasteiger partial charge in [0, 0.05) is 38.7 Å². The van der Waals surface area contributed by atoms with Crippen molar-refractivity contribution in [3.8, 4) is 34.0 Å². The third-order valence-electron chi connectivity index (χ3n) is 9.05. The van der Waals surface area contributed by atoms with Gasteiger partial charge in [-0.15, -0.1) is 20.4 Å². The summed E-state index contributed by atoms with van der Waals surface area (Å²) < 4.78 is 0. The molecule has 10 rings (SSSR count). The molecule has 0 amide bonds. The van der Waals surface area contributed by atoms with Crippen LogP contribution >= 0.6 is 0 Å². The average Bonchev–Trinajstić information content (AvgIpc) is 3.61. The first kappa shape index (κ1) is 27.1. The molecular weight excluding hydrogens is 607 g/mol. The second-order valence-corrected chi connectivity index (χ2v) is 11.9. The van der Waals surface area contributed by atoms with Crippen LogP contribution in [0.5, 0.6) is 0 Å². The van der Waals surface area contributed by atoms with Crippen molar-refractivity contribution in [3.05, 3.63) is 140 Å². The molecule has 0 aliphatic carbocycles. The average molecular weight is 632 g/mol. The van der Waals surface area contributed by atoms with Crippen molar-refractivity contribution in [1.29, 1.82) is 0 Å². The molecule has 0 unspecified atom stereocenters. The molecule has 0 saturated heterocycles. The quantitative estimate of drug-likeness (QED) is 0.197. The number of anilines is 3. The molecule has 0 spiro atoms. The number of nitrogens with zero attached hydrogens (tertiary/aromatic N) is 7. The molecule has 2 N–H and O–H groups in total. The maximum atomic E-state index is 5.24. The molecule has 1 aliphatic rings. The van der Waals surface area contributed by atoms with Gasteiger partial charge >= 0.3 is 0 Å². The Balaban J connectivity index is 1.33. The Bertz CT molecular complexity index is 2730. The topological polar surface area (TPSA) is 105 Å². The van der Waals surface area contributed by atoms with E-state index in [1.54, 1.807) is 0 Å². The van der Waals surface area contributed by atoms with E-state index in [1.807, 2.05) is 102 Å². The second kappa shape index (κ2) is 10.8. The maximum absolute atomic E-state index is 5.24. The summed E-state index contributed by atoms with van der Waals surface area (Å²) in [4.78, 5) is 10.2. The van der Waals surface area contributed by atoms with Crippen LogP contribution in [-0.2, 0) is 0 Å². The van der Waals surface area contributed by atoms with Crippen molar-refractivity contribution in [2.24, 2.45) is 0 Å². The highest BCUT2D eigenvalue weighted by atomic mass is 15.8. The van der Waals surface area contributed by atoms with Crippen molar-refractivity contribution < 1.29 is 0 Å². The van der Waals surface area contributed by atoms with Gasteiger partial charge in [0.1, 0.15) is 17.1 Å². The van der Waals surface area contributed by atoms with E-state index in [0.717, 1.165) is 77.4 Å². The zero-order valence-corrected chi connectivity index (χ0v) is 25.9. The molecule has 230 valence electrons. The number of nitrogens with one attached hydrogen (secondary N) is 2. The Morgan fingerprint density at radius 3 is 2.04 bits per heavy atom. The van der Waals surface area contributed by atoms with E-state index < -0.39 is 0 Å². The van der Waals surface area contributed by atoms with Crippen molar-refractivity contribution in [2.45, 2.75) is 0 Å². The molecule has 5 aromatic carbocycles. The lowest BCUT2D eigenvalue weighted by Crippen LogP contribution is -2.30. The number of pyridine rings is 2. The highest BCUT2D eigenvalue weighted by Crippen LogP contribution is 2.45. The number of fused-ring (bicyclic) bond motifs is 5. The molecule has 9 aromatic rings. The zero-order chi connectivity index (χ0) is 32.3. The summed E-state index contributed by atoms with van der Waals surface area (Å²) in [5, 5.41) is 26.7. The number of hydrazine groups is 2. The van der Waals surface area contributed by atoms with Gasteiger partial charge in [0.05, 0.1) is 39.5 Å². The van der Waals surface area contributed by atoms with Gasteiger partial charge in [0.15, 0.2) is 0 Å². The van der Waals surface area contributed by atoms with Crippen LogP contribution in [0.4, 0.5) is 17.1 Å². The summed E-state index contributed by atoms with van der Waals surface area (Å²) in [5.41, 5.74) is 15.9. The van der Waals surface area contributed by atoms with E-state index in [-0.39, 0.29) is 0 Å². The van der Waals surface area contributed by atoms with Crippen molar-refractivity contribution in [3.63, 3.8) is 0 Å². The standard InChI is InChI=1S/C40H25N9/c1-4-12-27-24(9-1)21-22-41-39(27)40-36-28(38(45-46-40)34-23-26-11-3-6-14-30(26)43-44-34)18-20-35(49-47-31-15-7-8-16-32(31)48-49)37(36)33-19-17-25-10-2-5-13-29(25)42-33/h1-23,47-48H. The largest absolute Gasteiger partial charge is 0.277 e. The summed E-state index contributed by atoms with van der Waals surface area (Å²) in [6, 6.07) is 44.8. The van der Waals surface area contributed by atoms with E-state index in [4.69, 9.17) is 20.2 Å². The van der Waals surface area contributed by atoms with Gasteiger partial charge in [-0.2, -0.15) is 5.12 Å². The van der Waals surface area contributed by atoms with Crippen LogP contribution in [0.2, 0.25) is 0 Å². The molecule has 9 nitrogen and oxygen atoms in total. The van der Waals surface area contributed by atoms with E-state index in [2.05, 4.69) is 63.5 Å². The third kappa shape index (κ3) is 4.40. The second-order valence-electron chi connectivity index (χ2n) is 11.9. The molecule has 0 fully saturated rings. The number of benzene rings is 5. The Morgan fingerprint density at radius 2 is 1.18 bits per heavy atom. The lowest BCUT2D eigenvalue weighted by molar-refractivity contribution is 1.02. The van der Waals surface area contributed by atoms with E-state index >= 15 is 0 Å². The fourth-order valence-electron chi connectivity index (χ4n) is 6.72. The van der Waals surface area contributed by atoms with Crippen LogP contribution in [0, 0.1) is 0 Å². The van der Waals surface area contributed by atoms with E-state index in [0.29, 0.717) is 17.1 Å². The fourth-order valence-corrected chi connectivity index (χ4v) is 6.72. The Hall–Kier alpha value is -7.00. The number of hydrogen-bond donors (Lipinski definition) is 2. The molecule has 0 saturated carbocycles. The molecule has 0 radical (unpaired) electrons. The van der Waals surface area contributed by atoms with Gasteiger partial charge in [-0.1, -0.05) is 78.9 Å². The summed E-state index contributed by atoms with van der Waals surface area (Å²) in [5.74, 6) is 0. The first-order valence-corrected chi connectivity index (χ1v) is 16.0. The smallest absolute Gasteiger partial charge is 0.121 e. The molecule has 5 heterocycles. The Morgan fingerprint density at radius 1 is 0.469 bits per heavy atom. The van der Waals surface area contributed by atoms with Crippen LogP contribution in [0.3, 0.4) is 0 Å². The summed E-state index contributed by atoms with van der Waals surface area (Å²) in [6.07, 6.45) is 1.83. The van der Waals surface area contributed by atoms with Gasteiger partial charge in [-0.05, 0) is 60.0 Å². The number of rotatable bonds is 4. The van der Waals surface area contributed by atoms with Crippen LogP contribution in [0.25, 0.3) is 77.4 Å². The minimum absolute atomic E-state index is 0.622. The molecule has 1 aliphatic heterocycles. The molecule has 9 heteroatoms. The summed E-state index contributed by atoms with van der Waals surface area (Å²) in [7, 11) is 0. The van der Waals surface area contributed by atoms with Gasteiger partial charge in [-0.25, -0.2) is 4.98 Å². The first-order chi connectivity index (χ1) is 24.3. The van der Waals surface area contributed by atoms with Crippen LogP contribution in [0.1, 0.15) is 0 Å². The summed E-state index contributed by atoms with van der Waals surface area (Å²) in [6.45, 7) is 0. The van der Waals surface area contributed by atoms with Gasteiger partial charge < -0.3 is 0 Å². The monoisotopic (exact) mass is 631 g/mol. The highest BCUT2D eigenvalue weighted by molar-refractivity contribution is 6.15. The molecule has 0 bridgehead atoms. The normalized spacial score (nSPS) is 12.4. The predicted molar refractivity (Wildman–Crippen MR) is 196 cm³/mol. The Labute approximate surface area is 279 Å². The third-order valence-corrected chi connectivity index (χ3v) is 9.05. The number of para-hydroxylation sites is 3. The first-order valence-electron chi connectivity index (χ1n) is 16.0. The summed E-state index contributed by atoms with van der Waals surface area (Å²) >= 11 is 0.